The minimum Gasteiger partial charge on any atom is -0.508 e. The molecule has 1 aliphatic carbocycles. The number of nitrogens with zero attached hydrogens (tertiary/aromatic N) is 1. The van der Waals surface area contributed by atoms with Crippen LogP contribution in [-0.4, -0.2) is 26.8 Å². The van der Waals surface area contributed by atoms with E-state index in [9.17, 15) is 19.8 Å². The normalized spacial score (nSPS) is 14.6. The van der Waals surface area contributed by atoms with Gasteiger partial charge in [-0.2, -0.15) is 0 Å². The Kier molecular flexibility index (Phi) is 4.37. The minimum atomic E-state index is -0.971. The number of aliphatic hydroxyl groups is 1. The number of hydrogen-bond donors (Lipinski definition) is 3. The molecule has 0 spiro atoms. The fraction of sp³-hybridized carbons (Fsp3) is 0.0455. The number of benzene rings is 2. The molecule has 1 aromatic heterocycles. The number of phenolic OH excluding ortho intramolecular Hbond substituents is 1. The molecule has 138 valence electrons. The lowest BCUT2D eigenvalue weighted by atomic mass is 9.83. The average molecular weight is 372 g/mol. The molecule has 1 heterocycles. The van der Waals surface area contributed by atoms with Crippen molar-refractivity contribution in [1.29, 1.82) is 0 Å². The van der Waals surface area contributed by atoms with Gasteiger partial charge in [-0.3, -0.25) is 9.59 Å². The summed E-state index contributed by atoms with van der Waals surface area (Å²) in [6.45, 7) is 0. The van der Waals surface area contributed by atoms with Crippen LogP contribution in [0.2, 0.25) is 0 Å². The number of pyridine rings is 1. The third-order valence-electron chi connectivity index (χ3n) is 4.63. The van der Waals surface area contributed by atoms with Crippen molar-refractivity contribution >= 4 is 23.1 Å². The zero-order valence-electron chi connectivity index (χ0n) is 14.7. The van der Waals surface area contributed by atoms with Crippen LogP contribution in [-0.2, 0) is 4.79 Å². The second-order valence-corrected chi connectivity index (χ2v) is 6.32. The van der Waals surface area contributed by atoms with E-state index >= 15 is 0 Å². The predicted octanol–water partition coefficient (Wildman–Crippen LogP) is 3.68. The van der Waals surface area contributed by atoms with Crippen LogP contribution in [0.25, 0.3) is 5.76 Å². The molecule has 0 aliphatic heterocycles. The zero-order chi connectivity index (χ0) is 19.7. The molecular weight excluding hydrogens is 356 g/mol. The number of carbonyl (C=O) groups excluding carboxylic acids is 2. The molecule has 2 aromatic carbocycles. The number of fused-ring (bicyclic) bond motifs is 1. The minimum absolute atomic E-state index is 0.0738. The highest BCUT2D eigenvalue weighted by atomic mass is 16.3. The Labute approximate surface area is 160 Å². The molecule has 3 N–H and O–H groups in total. The summed E-state index contributed by atoms with van der Waals surface area (Å²) >= 11 is 0. The van der Waals surface area contributed by atoms with Crippen LogP contribution in [0.5, 0.6) is 5.75 Å². The van der Waals surface area contributed by atoms with E-state index in [2.05, 4.69) is 10.3 Å². The van der Waals surface area contributed by atoms with Crippen LogP contribution in [0.4, 0.5) is 5.82 Å². The third kappa shape index (κ3) is 2.91. The van der Waals surface area contributed by atoms with E-state index in [-0.39, 0.29) is 28.2 Å². The molecule has 6 heteroatoms. The van der Waals surface area contributed by atoms with Gasteiger partial charge in [-0.05, 0) is 18.2 Å². The molecule has 4 rings (SSSR count). The Hall–Kier alpha value is -3.93. The Morgan fingerprint density at radius 1 is 0.786 bits per heavy atom. The van der Waals surface area contributed by atoms with Crippen molar-refractivity contribution in [3.8, 4) is 5.75 Å². The summed E-state index contributed by atoms with van der Waals surface area (Å²) < 4.78 is 0. The summed E-state index contributed by atoms with van der Waals surface area (Å²) in [5.74, 6) is -1.47. The first-order chi connectivity index (χ1) is 13.6. The first-order valence-electron chi connectivity index (χ1n) is 8.65. The van der Waals surface area contributed by atoms with Crippen LogP contribution in [0.1, 0.15) is 27.5 Å². The number of ketones is 2. The smallest absolute Gasteiger partial charge is 0.235 e. The summed E-state index contributed by atoms with van der Waals surface area (Å²) in [6.07, 6.45) is 1.57. The number of hydrogen-bond acceptors (Lipinski definition) is 6. The Balaban J connectivity index is 1.92. The Bertz CT molecular complexity index is 1110. The molecule has 1 unspecified atom stereocenters. The number of aromatic hydroxyl groups is 1. The van der Waals surface area contributed by atoms with Crippen LogP contribution in [0, 0.1) is 0 Å². The summed E-state index contributed by atoms with van der Waals surface area (Å²) in [7, 11) is 0. The van der Waals surface area contributed by atoms with Gasteiger partial charge in [0.25, 0.3) is 0 Å². The first kappa shape index (κ1) is 17.5. The van der Waals surface area contributed by atoms with Gasteiger partial charge in [-0.15, -0.1) is 0 Å². The lowest BCUT2D eigenvalue weighted by molar-refractivity contribution is -0.112. The van der Waals surface area contributed by atoms with Gasteiger partial charge in [0, 0.05) is 22.9 Å². The molecule has 0 saturated heterocycles. The van der Waals surface area contributed by atoms with E-state index in [1.165, 1.54) is 12.1 Å². The quantitative estimate of drug-likeness (QED) is 0.604. The second kappa shape index (κ2) is 7.00. The van der Waals surface area contributed by atoms with Gasteiger partial charge in [0.2, 0.25) is 11.6 Å². The van der Waals surface area contributed by atoms with Crippen LogP contribution in [0.15, 0.2) is 78.5 Å². The third-order valence-corrected chi connectivity index (χ3v) is 4.63. The Morgan fingerprint density at radius 2 is 1.46 bits per heavy atom. The number of carbonyl (C=O) groups is 2. The van der Waals surface area contributed by atoms with Crippen molar-refractivity contribution < 1.29 is 19.8 Å². The first-order valence-corrected chi connectivity index (χ1v) is 8.65. The summed E-state index contributed by atoms with van der Waals surface area (Å²) in [5, 5.41) is 24.3. The van der Waals surface area contributed by atoms with Gasteiger partial charge >= 0.3 is 0 Å². The zero-order valence-corrected chi connectivity index (χ0v) is 14.7. The summed E-state index contributed by atoms with van der Waals surface area (Å²) in [5.41, 5.74) is 0.652. The summed E-state index contributed by atoms with van der Waals surface area (Å²) in [4.78, 5) is 29.7. The summed E-state index contributed by atoms with van der Waals surface area (Å²) in [6, 6.07) is 17.0. The predicted molar refractivity (Wildman–Crippen MR) is 104 cm³/mol. The van der Waals surface area contributed by atoms with E-state index in [4.69, 9.17) is 0 Å². The van der Waals surface area contributed by atoms with Gasteiger partial charge in [-0.25, -0.2) is 4.98 Å². The number of Topliss-reactive ketones (excluding diaryl/α,β-unsaturated/α-hetero) is 2. The van der Waals surface area contributed by atoms with E-state index < -0.39 is 17.6 Å². The second-order valence-electron chi connectivity index (χ2n) is 6.32. The number of rotatable bonds is 4. The largest absolute Gasteiger partial charge is 0.508 e. The molecule has 1 aliphatic rings. The van der Waals surface area contributed by atoms with Crippen molar-refractivity contribution in [2.75, 3.05) is 5.32 Å². The topological polar surface area (TPSA) is 99.5 Å². The van der Waals surface area contributed by atoms with Crippen LogP contribution in [0.3, 0.4) is 0 Å². The number of anilines is 1. The number of aliphatic hydroxyl groups excluding tert-OH is 1. The fourth-order valence-corrected chi connectivity index (χ4v) is 3.29. The maximum Gasteiger partial charge on any atom is 0.235 e. The molecule has 6 nitrogen and oxygen atoms in total. The molecule has 28 heavy (non-hydrogen) atoms. The lowest BCUT2D eigenvalue weighted by Gasteiger charge is -2.26. The highest BCUT2D eigenvalue weighted by Gasteiger charge is 2.38. The SMILES string of the molecule is O=C1C(=O)c2ccccc2C(O)=C1C(Nc1ccccn1)c1ccccc1O. The number of para-hydroxylation sites is 1. The monoisotopic (exact) mass is 372 g/mol. The molecule has 1 atom stereocenters. The maximum atomic E-state index is 12.9. The molecule has 0 bridgehead atoms. The average Bonchev–Trinajstić information content (AvgIpc) is 2.73. The maximum absolute atomic E-state index is 12.9. The van der Waals surface area contributed by atoms with E-state index in [0.29, 0.717) is 11.4 Å². The highest BCUT2D eigenvalue weighted by molar-refractivity contribution is 6.52. The van der Waals surface area contributed by atoms with Crippen molar-refractivity contribution in [3.63, 3.8) is 0 Å². The number of aromatic nitrogens is 1. The molecule has 0 amide bonds. The van der Waals surface area contributed by atoms with Gasteiger partial charge < -0.3 is 15.5 Å². The fourth-order valence-electron chi connectivity index (χ4n) is 3.29. The lowest BCUT2D eigenvalue weighted by Crippen LogP contribution is -2.30. The molecule has 0 saturated carbocycles. The van der Waals surface area contributed by atoms with Gasteiger partial charge in [0.15, 0.2) is 0 Å². The van der Waals surface area contributed by atoms with Crippen LogP contribution >= 0.6 is 0 Å². The van der Waals surface area contributed by atoms with Crippen molar-refractivity contribution in [2.45, 2.75) is 6.04 Å². The van der Waals surface area contributed by atoms with E-state index in [0.717, 1.165) is 0 Å². The van der Waals surface area contributed by atoms with Gasteiger partial charge in [0.1, 0.15) is 17.3 Å². The molecule has 3 aromatic rings. The number of phenols is 1. The van der Waals surface area contributed by atoms with Crippen molar-refractivity contribution in [2.24, 2.45) is 0 Å². The standard InChI is InChI=1S/C22H16N2O4/c25-16-10-4-3-9-15(16)19(24-17-11-5-6-12-23-17)18-20(26)13-7-1-2-8-14(13)21(27)22(18)28/h1-12,19,25-26H,(H,23,24). The number of nitrogens with one attached hydrogen (secondary N) is 1. The van der Waals surface area contributed by atoms with Gasteiger partial charge in [0.05, 0.1) is 11.6 Å². The van der Waals surface area contributed by atoms with Crippen molar-refractivity contribution in [3.05, 3.63) is 95.2 Å². The van der Waals surface area contributed by atoms with Crippen LogP contribution < -0.4 is 5.32 Å². The van der Waals surface area contributed by atoms with E-state index in [1.807, 2.05) is 0 Å². The van der Waals surface area contributed by atoms with Crippen molar-refractivity contribution in [1.82, 2.24) is 4.98 Å². The Morgan fingerprint density at radius 3 is 2.18 bits per heavy atom. The molecule has 0 radical (unpaired) electrons. The van der Waals surface area contributed by atoms with Gasteiger partial charge in [-0.1, -0.05) is 48.5 Å². The molecule has 0 fully saturated rings. The molecular formula is C22H16N2O4. The van der Waals surface area contributed by atoms with E-state index in [1.54, 1.807) is 60.8 Å². The highest BCUT2D eigenvalue weighted by Crippen LogP contribution is 2.39.